The number of nitrogens with zero attached hydrogens (tertiary/aromatic N) is 5. The van der Waals surface area contributed by atoms with E-state index < -0.39 is 0 Å². The van der Waals surface area contributed by atoms with Gasteiger partial charge in [0.1, 0.15) is 23.9 Å². The van der Waals surface area contributed by atoms with E-state index >= 15 is 0 Å². The van der Waals surface area contributed by atoms with Crippen molar-refractivity contribution in [1.29, 1.82) is 0 Å². The van der Waals surface area contributed by atoms with Crippen LogP contribution in [0.4, 0.5) is 4.39 Å². The maximum Gasteiger partial charge on any atom is 0.235 e. The molecule has 1 N–H and O–H groups in total. The number of rotatable bonds is 5. The van der Waals surface area contributed by atoms with E-state index in [0.29, 0.717) is 16.5 Å². The summed E-state index contributed by atoms with van der Waals surface area (Å²) in [5.74, 6) is 1.71. The summed E-state index contributed by atoms with van der Waals surface area (Å²) >= 11 is 1.39. The van der Waals surface area contributed by atoms with Gasteiger partial charge in [-0.2, -0.15) is 9.61 Å². The minimum Gasteiger partial charge on any atom is -0.497 e. The quantitative estimate of drug-likeness (QED) is 0.416. The van der Waals surface area contributed by atoms with Gasteiger partial charge >= 0.3 is 0 Å². The Morgan fingerprint density at radius 2 is 2.03 bits per heavy atom. The van der Waals surface area contributed by atoms with Crippen molar-refractivity contribution in [1.82, 2.24) is 29.8 Å². The highest BCUT2D eigenvalue weighted by Gasteiger charge is 2.16. The van der Waals surface area contributed by atoms with Crippen molar-refractivity contribution in [2.45, 2.75) is 6.61 Å². The number of H-pyrrole nitrogens is 1. The van der Waals surface area contributed by atoms with Crippen LogP contribution >= 0.6 is 11.3 Å². The van der Waals surface area contributed by atoms with Gasteiger partial charge in [-0.3, -0.25) is 4.98 Å². The number of ether oxygens (including phenoxy) is 2. The van der Waals surface area contributed by atoms with Gasteiger partial charge in [-0.05, 0) is 42.5 Å². The summed E-state index contributed by atoms with van der Waals surface area (Å²) < 4.78 is 26.5. The SMILES string of the molecule is COc1ccc2c(OCc3nnc4sc(-c5cc6cc(F)ccc6[nH]5)nn34)ccnc2c1. The number of aromatic nitrogens is 6. The second-order valence-electron chi connectivity index (χ2n) is 7.11. The molecular weight excluding hydrogens is 431 g/mol. The first kappa shape index (κ1) is 18.7. The van der Waals surface area contributed by atoms with Crippen LogP contribution in [0.3, 0.4) is 0 Å². The Balaban J connectivity index is 1.30. The molecule has 4 heterocycles. The molecule has 0 spiro atoms. The van der Waals surface area contributed by atoms with E-state index in [2.05, 4.69) is 25.3 Å². The number of methoxy groups -OCH3 is 1. The van der Waals surface area contributed by atoms with Crippen LogP contribution < -0.4 is 9.47 Å². The molecule has 8 nitrogen and oxygen atoms in total. The number of aromatic amines is 1. The van der Waals surface area contributed by atoms with Crippen molar-refractivity contribution in [2.24, 2.45) is 0 Å². The lowest BCUT2D eigenvalue weighted by Crippen LogP contribution is -2.03. The van der Waals surface area contributed by atoms with E-state index in [1.165, 1.54) is 23.5 Å². The lowest BCUT2D eigenvalue weighted by Gasteiger charge is -2.08. The molecule has 0 radical (unpaired) electrons. The fourth-order valence-corrected chi connectivity index (χ4v) is 4.40. The van der Waals surface area contributed by atoms with E-state index in [1.807, 2.05) is 30.3 Å². The fraction of sp³-hybridized carbons (Fsp3) is 0.0909. The first-order valence-corrected chi connectivity index (χ1v) is 10.5. The highest BCUT2D eigenvalue weighted by molar-refractivity contribution is 7.19. The average Bonchev–Trinajstić information content (AvgIpc) is 3.51. The summed E-state index contributed by atoms with van der Waals surface area (Å²) in [5.41, 5.74) is 2.42. The van der Waals surface area contributed by atoms with Crippen molar-refractivity contribution in [2.75, 3.05) is 7.11 Å². The predicted molar refractivity (Wildman–Crippen MR) is 119 cm³/mol. The third-order valence-corrected chi connectivity index (χ3v) is 6.07. The normalized spacial score (nSPS) is 11.6. The third kappa shape index (κ3) is 3.12. The number of benzene rings is 2. The number of fused-ring (bicyclic) bond motifs is 3. The summed E-state index contributed by atoms with van der Waals surface area (Å²) in [7, 11) is 1.62. The molecular formula is C22H15FN6O2S. The Morgan fingerprint density at radius 1 is 1.09 bits per heavy atom. The molecule has 2 aromatic carbocycles. The summed E-state index contributed by atoms with van der Waals surface area (Å²) in [6.07, 6.45) is 1.69. The van der Waals surface area contributed by atoms with Crippen LogP contribution in [0.2, 0.25) is 0 Å². The Bertz CT molecular complexity index is 1600. The Morgan fingerprint density at radius 3 is 2.94 bits per heavy atom. The predicted octanol–water partition coefficient (Wildman–Crippen LogP) is 4.61. The monoisotopic (exact) mass is 446 g/mol. The molecule has 0 atom stereocenters. The van der Waals surface area contributed by atoms with Crippen LogP contribution in [-0.4, -0.2) is 36.9 Å². The molecule has 0 saturated carbocycles. The molecule has 0 aliphatic rings. The number of halogens is 1. The molecule has 0 saturated heterocycles. The zero-order valence-corrected chi connectivity index (χ0v) is 17.6. The third-order valence-electron chi connectivity index (χ3n) is 5.14. The molecule has 10 heteroatoms. The summed E-state index contributed by atoms with van der Waals surface area (Å²) in [5, 5.41) is 15.4. The number of hydrogen-bond acceptors (Lipinski definition) is 7. The van der Waals surface area contributed by atoms with Crippen molar-refractivity contribution in [3.8, 4) is 22.2 Å². The molecule has 6 aromatic rings. The first-order chi connectivity index (χ1) is 15.7. The molecule has 4 aromatic heterocycles. The highest BCUT2D eigenvalue weighted by Crippen LogP contribution is 2.30. The second-order valence-corrected chi connectivity index (χ2v) is 8.07. The number of nitrogens with one attached hydrogen (secondary N) is 1. The molecule has 0 fully saturated rings. The van der Waals surface area contributed by atoms with Crippen molar-refractivity contribution in [3.63, 3.8) is 0 Å². The Hall–Kier alpha value is -4.05. The van der Waals surface area contributed by atoms with Gasteiger partial charge in [-0.25, -0.2) is 4.39 Å². The van der Waals surface area contributed by atoms with Gasteiger partial charge in [-0.15, -0.1) is 10.2 Å². The fourth-order valence-electron chi connectivity index (χ4n) is 3.57. The molecule has 6 rings (SSSR count). The zero-order valence-electron chi connectivity index (χ0n) is 16.7. The molecule has 32 heavy (non-hydrogen) atoms. The van der Waals surface area contributed by atoms with Gasteiger partial charge in [0.05, 0.1) is 18.3 Å². The molecule has 158 valence electrons. The van der Waals surface area contributed by atoms with Crippen LogP contribution in [-0.2, 0) is 6.61 Å². The molecule has 0 aliphatic heterocycles. The lowest BCUT2D eigenvalue weighted by atomic mass is 10.2. The Labute approximate surface area is 184 Å². The van der Waals surface area contributed by atoms with Crippen molar-refractivity contribution < 1.29 is 13.9 Å². The summed E-state index contributed by atoms with van der Waals surface area (Å²) in [6.45, 7) is 0.188. The molecule has 0 unspecified atom stereocenters. The van der Waals surface area contributed by atoms with Gasteiger partial charge in [0.25, 0.3) is 0 Å². The van der Waals surface area contributed by atoms with Gasteiger partial charge in [0.15, 0.2) is 10.8 Å². The van der Waals surface area contributed by atoms with Crippen LogP contribution in [0.5, 0.6) is 11.5 Å². The molecule has 0 aliphatic carbocycles. The number of hydrogen-bond donors (Lipinski definition) is 1. The minimum absolute atomic E-state index is 0.188. The van der Waals surface area contributed by atoms with Gasteiger partial charge < -0.3 is 14.5 Å². The molecule has 0 amide bonds. The van der Waals surface area contributed by atoms with E-state index in [4.69, 9.17) is 9.47 Å². The Kier molecular flexibility index (Phi) is 4.25. The van der Waals surface area contributed by atoms with E-state index in [1.54, 1.807) is 23.9 Å². The smallest absolute Gasteiger partial charge is 0.235 e. The largest absolute Gasteiger partial charge is 0.497 e. The standard InChI is InChI=1S/C22H15FN6O2S/c1-30-14-3-4-15-17(10-14)24-7-6-19(15)31-11-20-26-27-22-29(20)28-21(32-22)18-9-12-8-13(23)2-5-16(12)25-18/h2-10,25H,11H2,1H3. The van der Waals surface area contributed by atoms with E-state index in [-0.39, 0.29) is 12.4 Å². The number of pyridine rings is 1. The second kappa shape index (κ2) is 7.27. The van der Waals surface area contributed by atoms with Gasteiger partial charge in [0, 0.05) is 28.6 Å². The maximum atomic E-state index is 13.5. The van der Waals surface area contributed by atoms with Crippen LogP contribution in [0.25, 0.3) is 37.5 Å². The average molecular weight is 446 g/mol. The first-order valence-electron chi connectivity index (χ1n) is 9.73. The summed E-state index contributed by atoms with van der Waals surface area (Å²) in [4.78, 5) is 8.29. The van der Waals surface area contributed by atoms with Crippen LogP contribution in [0, 0.1) is 5.82 Å². The minimum atomic E-state index is -0.275. The topological polar surface area (TPSA) is 90.2 Å². The van der Waals surface area contributed by atoms with Gasteiger partial charge in [-0.1, -0.05) is 11.3 Å². The molecule has 0 bridgehead atoms. The van der Waals surface area contributed by atoms with Gasteiger partial charge in [0.2, 0.25) is 4.96 Å². The summed E-state index contributed by atoms with van der Waals surface area (Å²) in [6, 6.07) is 13.9. The zero-order chi connectivity index (χ0) is 21.7. The van der Waals surface area contributed by atoms with Crippen LogP contribution in [0.1, 0.15) is 5.82 Å². The van der Waals surface area contributed by atoms with Crippen LogP contribution in [0.15, 0.2) is 54.7 Å². The highest BCUT2D eigenvalue weighted by atomic mass is 32.1. The maximum absolute atomic E-state index is 13.5. The van der Waals surface area contributed by atoms with E-state index in [0.717, 1.165) is 38.3 Å². The van der Waals surface area contributed by atoms with Crippen molar-refractivity contribution in [3.05, 3.63) is 66.4 Å². The van der Waals surface area contributed by atoms with E-state index in [9.17, 15) is 4.39 Å². The van der Waals surface area contributed by atoms with Crippen molar-refractivity contribution >= 4 is 38.1 Å². The lowest BCUT2D eigenvalue weighted by molar-refractivity contribution is 0.296.